The van der Waals surface area contributed by atoms with Crippen LogP contribution in [0.25, 0.3) is 0 Å². The van der Waals surface area contributed by atoms with E-state index in [4.69, 9.17) is 9.15 Å². The van der Waals surface area contributed by atoms with Crippen LogP contribution in [0.3, 0.4) is 0 Å². The Kier molecular flexibility index (Phi) is 5.91. The van der Waals surface area contributed by atoms with Crippen LogP contribution in [-0.2, 0) is 16.1 Å². The Morgan fingerprint density at radius 2 is 1.84 bits per heavy atom. The summed E-state index contributed by atoms with van der Waals surface area (Å²) >= 11 is 3.36. The molecule has 1 aliphatic rings. The number of nitrogens with zero attached hydrogens (tertiary/aromatic N) is 1. The number of hydrogen-bond donors (Lipinski definition) is 1. The molecule has 0 atom stereocenters. The minimum atomic E-state index is -0.782. The van der Waals surface area contributed by atoms with E-state index in [-0.39, 0.29) is 23.2 Å². The predicted octanol–water partition coefficient (Wildman–Crippen LogP) is 3.94. The number of nitrogens with one attached hydrogen (secondary N) is 1. The van der Waals surface area contributed by atoms with Crippen LogP contribution in [0.5, 0.6) is 0 Å². The highest BCUT2D eigenvalue weighted by molar-refractivity contribution is 9.10. The van der Waals surface area contributed by atoms with Crippen molar-refractivity contribution in [1.82, 2.24) is 4.90 Å². The maximum absolute atomic E-state index is 12.7. The molecule has 0 saturated carbocycles. The average Bonchev–Trinajstić information content (AvgIpc) is 3.37. The van der Waals surface area contributed by atoms with Gasteiger partial charge in [-0.1, -0.05) is 6.07 Å². The van der Waals surface area contributed by atoms with Gasteiger partial charge < -0.3 is 14.5 Å². The van der Waals surface area contributed by atoms with Crippen LogP contribution in [0.1, 0.15) is 42.4 Å². The minimum absolute atomic E-state index is 0.00608. The van der Waals surface area contributed by atoms with E-state index in [0.29, 0.717) is 15.9 Å². The summed E-state index contributed by atoms with van der Waals surface area (Å²) in [5.74, 6) is -1.83. The molecular formula is C23H17BrN2O6. The zero-order chi connectivity index (χ0) is 22.8. The Labute approximate surface area is 191 Å². The fraction of sp³-hybridized carbons (Fsp3) is 0.130. The number of ether oxygens (including phenoxy) is 1. The molecule has 32 heavy (non-hydrogen) atoms. The van der Waals surface area contributed by atoms with Crippen molar-refractivity contribution in [2.75, 3.05) is 11.9 Å². The molecule has 0 unspecified atom stereocenters. The first-order valence-electron chi connectivity index (χ1n) is 9.59. The van der Waals surface area contributed by atoms with Crippen molar-refractivity contribution in [3.63, 3.8) is 0 Å². The number of hydrogen-bond acceptors (Lipinski definition) is 6. The molecule has 0 aliphatic carbocycles. The van der Waals surface area contributed by atoms with Gasteiger partial charge in [-0.2, -0.15) is 0 Å². The molecule has 162 valence electrons. The first-order valence-corrected chi connectivity index (χ1v) is 10.4. The summed E-state index contributed by atoms with van der Waals surface area (Å²) in [4.78, 5) is 50.8. The van der Waals surface area contributed by atoms with Crippen molar-refractivity contribution in [2.45, 2.75) is 13.5 Å². The molecule has 0 radical (unpaired) electrons. The lowest BCUT2D eigenvalue weighted by atomic mass is 10.1. The Morgan fingerprint density at radius 3 is 2.56 bits per heavy atom. The molecule has 9 heteroatoms. The number of imide groups is 1. The molecule has 2 heterocycles. The average molecular weight is 497 g/mol. The third-order valence-electron chi connectivity index (χ3n) is 4.83. The first-order chi connectivity index (χ1) is 15.3. The van der Waals surface area contributed by atoms with Crippen LogP contribution in [-0.4, -0.2) is 35.2 Å². The molecule has 1 aliphatic heterocycles. The maximum Gasteiger partial charge on any atom is 0.338 e. The topological polar surface area (TPSA) is 106 Å². The molecule has 2 aromatic carbocycles. The SMILES string of the molecule is Cc1ccc(NC(=O)COC(=O)c2ccc3c(c2)C(=O)N(Cc2ccco2)C3=O)c(Br)c1. The number of carbonyl (C=O) groups is 4. The van der Waals surface area contributed by atoms with Crippen LogP contribution in [0.2, 0.25) is 0 Å². The van der Waals surface area contributed by atoms with E-state index >= 15 is 0 Å². The monoisotopic (exact) mass is 496 g/mol. The molecule has 1 aromatic heterocycles. The summed E-state index contributed by atoms with van der Waals surface area (Å²) in [6.07, 6.45) is 1.45. The molecule has 8 nitrogen and oxygen atoms in total. The molecule has 3 amide bonds. The number of aryl methyl sites for hydroxylation is 1. The number of anilines is 1. The molecular weight excluding hydrogens is 480 g/mol. The van der Waals surface area contributed by atoms with Crippen molar-refractivity contribution in [1.29, 1.82) is 0 Å². The number of esters is 1. The largest absolute Gasteiger partial charge is 0.467 e. The second-order valence-corrected chi connectivity index (χ2v) is 8.00. The molecule has 0 bridgehead atoms. The summed E-state index contributed by atoms with van der Waals surface area (Å²) in [6, 6.07) is 12.8. The van der Waals surface area contributed by atoms with Gasteiger partial charge in [0, 0.05) is 4.47 Å². The van der Waals surface area contributed by atoms with Crippen LogP contribution in [0.15, 0.2) is 63.7 Å². The van der Waals surface area contributed by atoms with Crippen LogP contribution in [0, 0.1) is 6.92 Å². The van der Waals surface area contributed by atoms with Gasteiger partial charge in [-0.3, -0.25) is 19.3 Å². The van der Waals surface area contributed by atoms with E-state index in [9.17, 15) is 19.2 Å². The van der Waals surface area contributed by atoms with E-state index in [1.165, 1.54) is 24.5 Å². The first kappa shape index (κ1) is 21.5. The van der Waals surface area contributed by atoms with Gasteiger partial charge in [0.1, 0.15) is 5.76 Å². The number of halogens is 1. The molecule has 0 saturated heterocycles. The summed E-state index contributed by atoms with van der Waals surface area (Å²) in [6.45, 7) is 1.41. The van der Waals surface area contributed by atoms with E-state index in [1.807, 2.05) is 19.1 Å². The van der Waals surface area contributed by atoms with Gasteiger partial charge in [-0.25, -0.2) is 4.79 Å². The van der Waals surface area contributed by atoms with E-state index < -0.39 is 30.3 Å². The number of carbonyl (C=O) groups excluding carboxylic acids is 4. The molecule has 0 fully saturated rings. The lowest BCUT2D eigenvalue weighted by Crippen LogP contribution is -2.28. The predicted molar refractivity (Wildman–Crippen MR) is 117 cm³/mol. The fourth-order valence-corrected chi connectivity index (χ4v) is 3.83. The quantitative estimate of drug-likeness (QED) is 0.409. The summed E-state index contributed by atoms with van der Waals surface area (Å²) in [5.41, 5.74) is 1.93. The van der Waals surface area contributed by atoms with Gasteiger partial charge in [-0.05, 0) is 70.9 Å². The zero-order valence-corrected chi connectivity index (χ0v) is 18.5. The maximum atomic E-state index is 12.7. The molecule has 0 spiro atoms. The zero-order valence-electron chi connectivity index (χ0n) is 16.9. The fourth-order valence-electron chi connectivity index (χ4n) is 3.24. The standard InChI is InChI=1S/C23H17BrN2O6/c1-13-4-7-19(18(24)9-13)25-20(27)12-32-23(30)14-5-6-16-17(10-14)22(29)26(21(16)28)11-15-3-2-8-31-15/h2-10H,11-12H2,1H3,(H,25,27). The molecule has 4 rings (SSSR count). The van der Waals surface area contributed by atoms with Gasteiger partial charge in [0.25, 0.3) is 17.7 Å². The smallest absolute Gasteiger partial charge is 0.338 e. The summed E-state index contributed by atoms with van der Waals surface area (Å²) < 4.78 is 11.0. The van der Waals surface area contributed by atoms with Crippen LogP contribution >= 0.6 is 15.9 Å². The Morgan fingerprint density at radius 1 is 1.06 bits per heavy atom. The van der Waals surface area contributed by atoms with Crippen LogP contribution < -0.4 is 5.32 Å². The Hall–Kier alpha value is -3.72. The van der Waals surface area contributed by atoms with Gasteiger partial charge in [0.15, 0.2) is 6.61 Å². The lowest BCUT2D eigenvalue weighted by Gasteiger charge is -2.11. The summed E-state index contributed by atoms with van der Waals surface area (Å²) in [5, 5.41) is 2.65. The number of rotatable bonds is 6. The van der Waals surface area contributed by atoms with Gasteiger partial charge in [0.2, 0.25) is 0 Å². The van der Waals surface area contributed by atoms with E-state index in [2.05, 4.69) is 21.2 Å². The highest BCUT2D eigenvalue weighted by atomic mass is 79.9. The number of fused-ring (bicyclic) bond motifs is 1. The van der Waals surface area contributed by atoms with E-state index in [0.717, 1.165) is 10.5 Å². The Bertz CT molecular complexity index is 1240. The highest BCUT2D eigenvalue weighted by Crippen LogP contribution is 2.26. The second-order valence-electron chi connectivity index (χ2n) is 7.14. The van der Waals surface area contributed by atoms with Crippen molar-refractivity contribution in [3.05, 3.63) is 87.3 Å². The van der Waals surface area contributed by atoms with Crippen molar-refractivity contribution in [2.24, 2.45) is 0 Å². The van der Waals surface area contributed by atoms with Crippen molar-refractivity contribution in [3.8, 4) is 0 Å². The third-order valence-corrected chi connectivity index (χ3v) is 5.49. The minimum Gasteiger partial charge on any atom is -0.467 e. The summed E-state index contributed by atoms with van der Waals surface area (Å²) in [7, 11) is 0. The van der Waals surface area contributed by atoms with Gasteiger partial charge in [0.05, 0.1) is 35.2 Å². The normalized spacial score (nSPS) is 12.6. The number of furan rings is 1. The molecule has 1 N–H and O–H groups in total. The lowest BCUT2D eigenvalue weighted by molar-refractivity contribution is -0.119. The van der Waals surface area contributed by atoms with Gasteiger partial charge >= 0.3 is 5.97 Å². The second kappa shape index (κ2) is 8.80. The number of benzene rings is 2. The third kappa shape index (κ3) is 4.33. The van der Waals surface area contributed by atoms with E-state index in [1.54, 1.807) is 18.2 Å². The van der Waals surface area contributed by atoms with Crippen molar-refractivity contribution < 1.29 is 28.3 Å². The van der Waals surface area contributed by atoms with Gasteiger partial charge in [-0.15, -0.1) is 0 Å². The van der Waals surface area contributed by atoms with Crippen LogP contribution in [0.4, 0.5) is 5.69 Å². The molecule has 3 aromatic rings. The highest BCUT2D eigenvalue weighted by Gasteiger charge is 2.36. The Balaban J connectivity index is 1.40. The van der Waals surface area contributed by atoms with Crippen molar-refractivity contribution >= 4 is 45.3 Å². The number of amides is 3.